The van der Waals surface area contributed by atoms with E-state index in [1.165, 1.54) is 0 Å². The second kappa shape index (κ2) is 3.09. The third-order valence-corrected chi connectivity index (χ3v) is 3.29. The van der Waals surface area contributed by atoms with Crippen molar-refractivity contribution in [2.45, 2.75) is 31.8 Å². The minimum Gasteiger partial charge on any atom is -0.461 e. The topological polar surface area (TPSA) is 38.7 Å². The van der Waals surface area contributed by atoms with Gasteiger partial charge in [0.1, 0.15) is 17.5 Å². The quantitative estimate of drug-likeness (QED) is 0.676. The molecule has 1 aromatic carbocycles. The predicted octanol–water partition coefficient (Wildman–Crippen LogP) is 1.88. The first kappa shape index (κ1) is 9.87. The summed E-state index contributed by atoms with van der Waals surface area (Å²) in [6, 6.07) is 5.94. The molecule has 3 nitrogen and oxygen atoms in total. The van der Waals surface area contributed by atoms with Gasteiger partial charge in [-0.05, 0) is 32.1 Å². The number of aliphatic hydroxyl groups excluding tert-OH is 1. The van der Waals surface area contributed by atoms with Gasteiger partial charge >= 0.3 is 0 Å². The van der Waals surface area contributed by atoms with Crippen molar-refractivity contribution in [1.29, 1.82) is 0 Å². The van der Waals surface area contributed by atoms with Gasteiger partial charge in [-0.3, -0.25) is 0 Å². The molecule has 16 heavy (non-hydrogen) atoms. The molecule has 3 heteroatoms. The highest BCUT2D eigenvalue weighted by Crippen LogP contribution is 2.44. The smallest absolute Gasteiger partial charge is 0.220 e. The van der Waals surface area contributed by atoms with Crippen molar-refractivity contribution in [3.8, 4) is 5.75 Å². The van der Waals surface area contributed by atoms with Crippen LogP contribution < -0.4 is 4.74 Å². The van der Waals surface area contributed by atoms with E-state index >= 15 is 0 Å². The summed E-state index contributed by atoms with van der Waals surface area (Å²) >= 11 is 0. The average molecular weight is 218 g/mol. The maximum Gasteiger partial charge on any atom is 0.220 e. The number of hydrogen-bond acceptors (Lipinski definition) is 3. The summed E-state index contributed by atoms with van der Waals surface area (Å²) in [5.74, 6) is 0.799. The molecular formula is C13H14O3. The predicted molar refractivity (Wildman–Crippen MR) is 59.2 cm³/mol. The van der Waals surface area contributed by atoms with E-state index in [0.717, 1.165) is 16.9 Å². The monoisotopic (exact) mass is 218 g/mol. The zero-order chi connectivity index (χ0) is 11.3. The lowest BCUT2D eigenvalue weighted by atomic mass is 9.85. The first-order valence-electron chi connectivity index (χ1n) is 5.41. The van der Waals surface area contributed by atoms with Gasteiger partial charge in [-0.15, -0.1) is 0 Å². The highest BCUT2D eigenvalue weighted by molar-refractivity contribution is 5.44. The van der Waals surface area contributed by atoms with Crippen LogP contribution in [0.1, 0.15) is 18.1 Å². The molecule has 2 heterocycles. The number of hydrogen-bond donors (Lipinski definition) is 1. The first-order chi connectivity index (χ1) is 7.59. The average Bonchev–Trinajstić information content (AvgIpc) is 2.26. The molecule has 1 N–H and O–H groups in total. The molecule has 0 saturated carbocycles. The normalized spacial score (nSPS) is 35.4. The van der Waals surface area contributed by atoms with Gasteiger partial charge in [-0.1, -0.05) is 17.7 Å². The fourth-order valence-corrected chi connectivity index (χ4v) is 2.28. The Kier molecular flexibility index (Phi) is 1.91. The van der Waals surface area contributed by atoms with Gasteiger partial charge in [0.2, 0.25) is 6.29 Å². The Morgan fingerprint density at radius 1 is 1.31 bits per heavy atom. The molecule has 0 spiro atoms. The third-order valence-electron chi connectivity index (χ3n) is 3.29. The largest absolute Gasteiger partial charge is 0.461 e. The van der Waals surface area contributed by atoms with Crippen LogP contribution in [0.4, 0.5) is 0 Å². The van der Waals surface area contributed by atoms with E-state index in [1.807, 2.05) is 32.0 Å². The second-order valence-corrected chi connectivity index (χ2v) is 4.54. The van der Waals surface area contributed by atoms with Crippen LogP contribution in [0.5, 0.6) is 5.75 Å². The van der Waals surface area contributed by atoms with Crippen molar-refractivity contribution in [1.82, 2.24) is 0 Å². The van der Waals surface area contributed by atoms with Crippen molar-refractivity contribution in [2.24, 2.45) is 0 Å². The molecule has 3 atom stereocenters. The standard InChI is InChI=1S/C13H14O3/c1-8-3-4-10-9(7-8)13(2)11(14)5-6-12(15-10)16-13/h3-7,11-12,14H,1-2H3/t11-,12-,13-/m0/s1. The Balaban J connectivity index is 2.20. The molecule has 84 valence electrons. The van der Waals surface area contributed by atoms with Gasteiger partial charge < -0.3 is 14.6 Å². The Bertz CT molecular complexity index is 466. The van der Waals surface area contributed by atoms with Crippen LogP contribution >= 0.6 is 0 Å². The Labute approximate surface area is 94.3 Å². The van der Waals surface area contributed by atoms with Crippen LogP contribution in [0.2, 0.25) is 0 Å². The molecule has 0 amide bonds. The van der Waals surface area contributed by atoms with Crippen molar-refractivity contribution in [2.75, 3.05) is 0 Å². The van der Waals surface area contributed by atoms with Crippen molar-refractivity contribution in [3.05, 3.63) is 41.5 Å². The van der Waals surface area contributed by atoms with Gasteiger partial charge in [0.05, 0.1) is 0 Å². The van der Waals surface area contributed by atoms with Crippen molar-refractivity contribution < 1.29 is 14.6 Å². The van der Waals surface area contributed by atoms with Gasteiger partial charge in [-0.25, -0.2) is 0 Å². The zero-order valence-corrected chi connectivity index (χ0v) is 9.31. The second-order valence-electron chi connectivity index (χ2n) is 4.54. The summed E-state index contributed by atoms with van der Waals surface area (Å²) < 4.78 is 11.4. The van der Waals surface area contributed by atoms with E-state index in [1.54, 1.807) is 12.2 Å². The van der Waals surface area contributed by atoms with E-state index in [0.29, 0.717) is 0 Å². The van der Waals surface area contributed by atoms with Crippen LogP contribution in [-0.4, -0.2) is 17.5 Å². The summed E-state index contributed by atoms with van der Waals surface area (Å²) in [7, 11) is 0. The van der Waals surface area contributed by atoms with Crippen LogP contribution in [0.15, 0.2) is 30.4 Å². The molecule has 2 bridgehead atoms. The molecule has 0 aliphatic carbocycles. The molecule has 2 aliphatic rings. The summed E-state index contributed by atoms with van der Waals surface area (Å²) in [4.78, 5) is 0. The maximum atomic E-state index is 10.1. The molecule has 1 aromatic rings. The van der Waals surface area contributed by atoms with Crippen molar-refractivity contribution >= 4 is 0 Å². The van der Waals surface area contributed by atoms with E-state index < -0.39 is 11.7 Å². The molecule has 0 unspecified atom stereocenters. The lowest BCUT2D eigenvalue weighted by molar-refractivity contribution is -0.207. The lowest BCUT2D eigenvalue weighted by Crippen LogP contribution is -2.48. The summed E-state index contributed by atoms with van der Waals surface area (Å²) in [5.41, 5.74) is 1.35. The molecule has 3 rings (SSSR count). The molecule has 0 radical (unpaired) electrons. The van der Waals surface area contributed by atoms with Crippen LogP contribution in [0.3, 0.4) is 0 Å². The molecule has 0 fully saturated rings. The Morgan fingerprint density at radius 2 is 2.12 bits per heavy atom. The lowest BCUT2D eigenvalue weighted by Gasteiger charge is -2.44. The molecule has 0 saturated heterocycles. The number of fused-ring (bicyclic) bond motifs is 4. The minimum absolute atomic E-state index is 0.386. The van der Waals surface area contributed by atoms with Crippen LogP contribution in [0.25, 0.3) is 0 Å². The fraction of sp³-hybridized carbons (Fsp3) is 0.385. The van der Waals surface area contributed by atoms with E-state index in [4.69, 9.17) is 9.47 Å². The summed E-state index contributed by atoms with van der Waals surface area (Å²) in [5, 5.41) is 10.1. The molecule has 0 aromatic heterocycles. The summed E-state index contributed by atoms with van der Waals surface area (Å²) in [6.07, 6.45) is 2.46. The Morgan fingerprint density at radius 3 is 2.94 bits per heavy atom. The van der Waals surface area contributed by atoms with E-state index in [9.17, 15) is 5.11 Å². The fourth-order valence-electron chi connectivity index (χ4n) is 2.28. The highest BCUT2D eigenvalue weighted by Gasteiger charge is 2.45. The number of aryl methyl sites for hydroxylation is 1. The SMILES string of the molecule is Cc1ccc2c(c1)[C@]1(C)O[C@@H](C=C[C@@H]1O)O2. The van der Waals surface area contributed by atoms with Gasteiger partial charge in [0.25, 0.3) is 0 Å². The summed E-state index contributed by atoms with van der Waals surface area (Å²) in [6.45, 7) is 3.91. The maximum absolute atomic E-state index is 10.1. The zero-order valence-electron chi connectivity index (χ0n) is 9.31. The van der Waals surface area contributed by atoms with E-state index in [2.05, 4.69) is 0 Å². The molecule has 2 aliphatic heterocycles. The van der Waals surface area contributed by atoms with E-state index in [-0.39, 0.29) is 6.29 Å². The van der Waals surface area contributed by atoms with Gasteiger partial charge in [0, 0.05) is 5.56 Å². The van der Waals surface area contributed by atoms with Crippen LogP contribution in [-0.2, 0) is 10.3 Å². The first-order valence-corrected chi connectivity index (χ1v) is 5.41. The number of benzene rings is 1. The van der Waals surface area contributed by atoms with Crippen LogP contribution in [0, 0.1) is 6.92 Å². The number of rotatable bonds is 0. The third kappa shape index (κ3) is 1.22. The molecular weight excluding hydrogens is 204 g/mol. The highest BCUT2D eigenvalue weighted by atomic mass is 16.7. The minimum atomic E-state index is -0.695. The Hall–Kier alpha value is -1.32. The number of ether oxygens (including phenoxy) is 2. The number of aliphatic hydroxyl groups is 1. The van der Waals surface area contributed by atoms with Gasteiger partial charge in [0.15, 0.2) is 0 Å². The van der Waals surface area contributed by atoms with Gasteiger partial charge in [-0.2, -0.15) is 0 Å². The van der Waals surface area contributed by atoms with Crippen molar-refractivity contribution in [3.63, 3.8) is 0 Å².